The number of rotatable bonds is 4. The zero-order valence-electron chi connectivity index (χ0n) is 12.6. The lowest BCUT2D eigenvalue weighted by atomic mass is 9.97. The van der Waals surface area contributed by atoms with Gasteiger partial charge in [0.05, 0.1) is 6.42 Å². The van der Waals surface area contributed by atoms with E-state index in [9.17, 15) is 23.1 Å². The molecule has 124 valence electrons. The Morgan fingerprint density at radius 1 is 1.39 bits per heavy atom. The number of imidazole rings is 1. The molecule has 0 bridgehead atoms. The minimum absolute atomic E-state index is 0.361. The van der Waals surface area contributed by atoms with Gasteiger partial charge in [-0.2, -0.15) is 13.2 Å². The van der Waals surface area contributed by atoms with Gasteiger partial charge in [0.15, 0.2) is 5.82 Å². The minimum atomic E-state index is -5.05. The van der Waals surface area contributed by atoms with Crippen molar-refractivity contribution in [3.63, 3.8) is 0 Å². The normalized spacial score (nSPS) is 14.3. The summed E-state index contributed by atoms with van der Waals surface area (Å²) in [5, 5.41) is 12.5. The number of hydrogen-bond donors (Lipinski definition) is 2. The Kier molecular flexibility index (Phi) is 4.46. The van der Waals surface area contributed by atoms with Crippen LogP contribution in [0.15, 0.2) is 36.7 Å². The number of hydrogen-bond acceptors (Lipinski definition) is 3. The van der Waals surface area contributed by atoms with Gasteiger partial charge in [-0.15, -0.1) is 0 Å². The van der Waals surface area contributed by atoms with Crippen LogP contribution in [0.5, 0.6) is 0 Å². The number of carbonyl (C=O) groups excluding carboxylic acids is 1. The fourth-order valence-corrected chi connectivity index (χ4v) is 2.23. The Bertz CT molecular complexity index is 712. The lowest BCUT2D eigenvalue weighted by Gasteiger charge is -2.29. The van der Waals surface area contributed by atoms with Crippen LogP contribution in [0.4, 0.5) is 18.9 Å². The van der Waals surface area contributed by atoms with Crippen LogP contribution in [-0.2, 0) is 17.4 Å². The van der Waals surface area contributed by atoms with Crippen molar-refractivity contribution >= 4 is 11.6 Å². The number of alkyl halides is 3. The standard InChI is InChI=1S/C15H16F3N3O2/c1-10-4-3-5-11(8-10)20-12(22)9-14(23,15(16,17)18)13-19-6-7-21(13)2/h3-8,23H,9H2,1-2H3,(H,20,22). The van der Waals surface area contributed by atoms with Gasteiger partial charge >= 0.3 is 6.18 Å². The molecule has 0 saturated carbocycles. The molecule has 2 aromatic rings. The number of amides is 1. The van der Waals surface area contributed by atoms with Crippen molar-refractivity contribution < 1.29 is 23.1 Å². The second kappa shape index (κ2) is 6.04. The van der Waals surface area contributed by atoms with Crippen molar-refractivity contribution in [2.24, 2.45) is 7.05 Å². The van der Waals surface area contributed by atoms with Crippen molar-refractivity contribution in [2.45, 2.75) is 25.1 Å². The van der Waals surface area contributed by atoms with E-state index in [4.69, 9.17) is 0 Å². The third-order valence-electron chi connectivity index (χ3n) is 3.38. The van der Waals surface area contributed by atoms with Gasteiger partial charge in [0.1, 0.15) is 0 Å². The fraction of sp³-hybridized carbons (Fsp3) is 0.333. The number of aliphatic hydroxyl groups is 1. The van der Waals surface area contributed by atoms with Crippen molar-refractivity contribution in [2.75, 3.05) is 5.32 Å². The third kappa shape index (κ3) is 3.53. The van der Waals surface area contributed by atoms with E-state index in [-0.39, 0.29) is 0 Å². The number of benzene rings is 1. The highest BCUT2D eigenvalue weighted by Gasteiger charge is 2.58. The van der Waals surface area contributed by atoms with E-state index < -0.39 is 29.9 Å². The van der Waals surface area contributed by atoms with Gasteiger partial charge in [-0.05, 0) is 24.6 Å². The molecule has 0 fully saturated rings. The molecule has 1 aromatic heterocycles. The molecule has 2 rings (SSSR count). The SMILES string of the molecule is Cc1cccc(NC(=O)CC(O)(c2nccn2C)C(F)(F)F)c1. The Hall–Kier alpha value is -2.35. The number of carbonyl (C=O) groups is 1. The smallest absolute Gasteiger partial charge is 0.374 e. The van der Waals surface area contributed by atoms with Crippen LogP contribution >= 0.6 is 0 Å². The number of aromatic nitrogens is 2. The average Bonchev–Trinajstić information content (AvgIpc) is 2.83. The molecule has 5 nitrogen and oxygen atoms in total. The Morgan fingerprint density at radius 3 is 2.61 bits per heavy atom. The van der Waals surface area contributed by atoms with E-state index in [2.05, 4.69) is 10.3 Å². The molecule has 0 spiro atoms. The van der Waals surface area contributed by atoms with Gasteiger partial charge < -0.3 is 15.0 Å². The molecule has 1 unspecified atom stereocenters. The maximum atomic E-state index is 13.3. The molecule has 0 aliphatic heterocycles. The van der Waals surface area contributed by atoms with E-state index in [1.54, 1.807) is 31.2 Å². The Morgan fingerprint density at radius 2 is 2.09 bits per heavy atom. The van der Waals surface area contributed by atoms with Gasteiger partial charge in [0.2, 0.25) is 11.5 Å². The van der Waals surface area contributed by atoms with E-state index in [1.165, 1.54) is 13.2 Å². The third-order valence-corrected chi connectivity index (χ3v) is 3.38. The van der Waals surface area contributed by atoms with Crippen molar-refractivity contribution in [3.05, 3.63) is 48.0 Å². The Labute approximate surface area is 130 Å². The second-order valence-electron chi connectivity index (χ2n) is 5.31. The summed E-state index contributed by atoms with van der Waals surface area (Å²) < 4.78 is 41.0. The molecule has 0 radical (unpaired) electrons. The van der Waals surface area contributed by atoms with Gasteiger partial charge in [-0.25, -0.2) is 4.98 Å². The van der Waals surface area contributed by atoms with Crippen LogP contribution in [0, 0.1) is 6.92 Å². The molecule has 1 heterocycles. The number of aryl methyl sites for hydroxylation is 2. The van der Waals surface area contributed by atoms with Gasteiger partial charge in [0, 0.05) is 25.1 Å². The number of nitrogens with one attached hydrogen (secondary N) is 1. The number of anilines is 1. The van der Waals surface area contributed by atoms with Crippen LogP contribution in [0.3, 0.4) is 0 Å². The van der Waals surface area contributed by atoms with Crippen molar-refractivity contribution in [1.82, 2.24) is 9.55 Å². The predicted molar refractivity (Wildman–Crippen MR) is 77.6 cm³/mol. The first kappa shape index (κ1) is 17.0. The van der Waals surface area contributed by atoms with E-state index in [1.807, 2.05) is 0 Å². The zero-order chi connectivity index (χ0) is 17.3. The zero-order valence-corrected chi connectivity index (χ0v) is 12.6. The van der Waals surface area contributed by atoms with E-state index in [0.717, 1.165) is 16.3 Å². The highest BCUT2D eigenvalue weighted by molar-refractivity contribution is 5.91. The topological polar surface area (TPSA) is 67.2 Å². The molecular formula is C15H16F3N3O2. The molecule has 1 amide bonds. The van der Waals surface area contributed by atoms with Crippen molar-refractivity contribution in [1.29, 1.82) is 0 Å². The lowest BCUT2D eigenvalue weighted by molar-refractivity contribution is -0.270. The number of nitrogens with zero attached hydrogens (tertiary/aromatic N) is 2. The lowest BCUT2D eigenvalue weighted by Crippen LogP contribution is -2.46. The van der Waals surface area contributed by atoms with Crippen LogP contribution in [-0.4, -0.2) is 26.7 Å². The quantitative estimate of drug-likeness (QED) is 0.907. The first-order valence-electron chi connectivity index (χ1n) is 6.77. The summed E-state index contributed by atoms with van der Waals surface area (Å²) in [7, 11) is 1.32. The van der Waals surface area contributed by atoms with Crippen molar-refractivity contribution in [3.8, 4) is 0 Å². The molecule has 8 heteroatoms. The molecular weight excluding hydrogens is 311 g/mol. The summed E-state index contributed by atoms with van der Waals surface area (Å²) in [5.41, 5.74) is -2.16. The molecule has 1 aromatic carbocycles. The summed E-state index contributed by atoms with van der Waals surface area (Å²) in [4.78, 5) is 15.5. The highest BCUT2D eigenvalue weighted by atomic mass is 19.4. The predicted octanol–water partition coefficient (Wildman–Crippen LogP) is 2.51. The van der Waals surface area contributed by atoms with E-state index >= 15 is 0 Å². The second-order valence-corrected chi connectivity index (χ2v) is 5.31. The average molecular weight is 327 g/mol. The highest BCUT2D eigenvalue weighted by Crippen LogP contribution is 2.40. The monoisotopic (exact) mass is 327 g/mol. The van der Waals surface area contributed by atoms with Gasteiger partial charge in [-0.1, -0.05) is 12.1 Å². The molecule has 0 saturated heterocycles. The summed E-state index contributed by atoms with van der Waals surface area (Å²) in [6.45, 7) is 1.79. The van der Waals surface area contributed by atoms with Gasteiger partial charge in [0.25, 0.3) is 0 Å². The van der Waals surface area contributed by atoms with Crippen LogP contribution in [0.1, 0.15) is 17.8 Å². The molecule has 2 N–H and O–H groups in total. The van der Waals surface area contributed by atoms with E-state index in [0.29, 0.717) is 5.69 Å². The first-order valence-corrected chi connectivity index (χ1v) is 6.77. The largest absolute Gasteiger partial charge is 0.425 e. The Balaban J connectivity index is 2.25. The van der Waals surface area contributed by atoms with Crippen LogP contribution in [0.2, 0.25) is 0 Å². The summed E-state index contributed by atoms with van der Waals surface area (Å²) in [5.74, 6) is -1.59. The molecule has 0 aliphatic carbocycles. The molecule has 23 heavy (non-hydrogen) atoms. The van der Waals surface area contributed by atoms with Crippen LogP contribution in [0.25, 0.3) is 0 Å². The summed E-state index contributed by atoms with van der Waals surface area (Å²) in [6.07, 6.45) is -3.83. The first-order chi connectivity index (χ1) is 10.6. The molecule has 1 atom stereocenters. The maximum absolute atomic E-state index is 13.3. The maximum Gasteiger partial charge on any atom is 0.425 e. The number of halogens is 3. The minimum Gasteiger partial charge on any atom is -0.374 e. The van der Waals surface area contributed by atoms with Gasteiger partial charge in [-0.3, -0.25) is 4.79 Å². The summed E-state index contributed by atoms with van der Waals surface area (Å²) >= 11 is 0. The fourth-order valence-electron chi connectivity index (χ4n) is 2.23. The molecule has 0 aliphatic rings. The van der Waals surface area contributed by atoms with Crippen LogP contribution < -0.4 is 5.32 Å². The summed E-state index contributed by atoms with van der Waals surface area (Å²) in [6, 6.07) is 6.62.